The van der Waals surface area contributed by atoms with E-state index >= 15 is 0 Å². The van der Waals surface area contributed by atoms with Gasteiger partial charge in [-0.25, -0.2) is 13.5 Å². The summed E-state index contributed by atoms with van der Waals surface area (Å²) in [5.41, 5.74) is 0.0936. The van der Waals surface area contributed by atoms with Crippen molar-refractivity contribution in [3.63, 3.8) is 0 Å². The Hall–Kier alpha value is -1.89. The fourth-order valence-electron chi connectivity index (χ4n) is 8.93. The largest absolute Gasteiger partial charge is 0.387 e. The van der Waals surface area contributed by atoms with Gasteiger partial charge in [-0.3, -0.25) is 4.79 Å². The molecular weight excluding hydrogens is 436 g/mol. The quantitative estimate of drug-likeness (QED) is 0.673. The number of aliphatic hydroxyl groups is 1. The minimum Gasteiger partial charge on any atom is -0.387 e. The number of benzene rings is 1. The lowest BCUT2D eigenvalue weighted by atomic mass is 9.49. The van der Waals surface area contributed by atoms with Crippen LogP contribution in [0.2, 0.25) is 0 Å². The zero-order valence-corrected chi connectivity index (χ0v) is 19.9. The van der Waals surface area contributed by atoms with Crippen molar-refractivity contribution < 1.29 is 18.7 Å². The second-order valence-electron chi connectivity index (χ2n) is 12.1. The van der Waals surface area contributed by atoms with E-state index in [0.29, 0.717) is 53.5 Å². The highest BCUT2D eigenvalue weighted by atomic mass is 19.1. The van der Waals surface area contributed by atoms with Gasteiger partial charge in [-0.2, -0.15) is 0 Å². The maximum atomic E-state index is 13.6. The molecule has 0 amide bonds. The first-order chi connectivity index (χ1) is 16.3. The van der Waals surface area contributed by atoms with Gasteiger partial charge in [-0.15, -0.1) is 5.10 Å². The first-order valence-electron chi connectivity index (χ1n) is 13.1. The molecule has 7 heteroatoms. The molecule has 5 nitrogen and oxygen atoms in total. The lowest BCUT2D eigenvalue weighted by Crippen LogP contribution is -2.52. The molecule has 6 rings (SSSR count). The highest BCUT2D eigenvalue weighted by molar-refractivity contribution is 5.84. The third kappa shape index (κ3) is 3.44. The summed E-state index contributed by atoms with van der Waals surface area (Å²) in [4.78, 5) is 13.6. The van der Waals surface area contributed by atoms with Gasteiger partial charge in [0, 0.05) is 12.0 Å². The average Bonchev–Trinajstić information content (AvgIpc) is 3.38. The first-order valence-corrected chi connectivity index (χ1v) is 13.1. The van der Waals surface area contributed by atoms with Crippen molar-refractivity contribution in [1.29, 1.82) is 0 Å². The van der Waals surface area contributed by atoms with Crippen LogP contribution < -0.4 is 0 Å². The lowest BCUT2D eigenvalue weighted by molar-refractivity contribution is -0.134. The number of ketones is 1. The number of carbonyl (C=O) groups is 1. The van der Waals surface area contributed by atoms with E-state index in [-0.39, 0.29) is 29.5 Å². The van der Waals surface area contributed by atoms with Crippen molar-refractivity contribution in [2.24, 2.45) is 40.9 Å². The Balaban J connectivity index is 1.18. The maximum Gasteiger partial charge on any atom is 0.157 e. The van der Waals surface area contributed by atoms with Gasteiger partial charge >= 0.3 is 0 Å². The Labute approximate surface area is 199 Å². The van der Waals surface area contributed by atoms with Gasteiger partial charge in [0.15, 0.2) is 5.78 Å². The van der Waals surface area contributed by atoms with E-state index < -0.39 is 12.3 Å². The zero-order chi connectivity index (χ0) is 23.7. The van der Waals surface area contributed by atoms with Crippen molar-refractivity contribution in [1.82, 2.24) is 15.0 Å². The number of Topliss-reactive ketones (excluding diaryl/α,β-unsaturated/α-hetero) is 1. The van der Waals surface area contributed by atoms with E-state index in [1.807, 2.05) is 0 Å². The summed E-state index contributed by atoms with van der Waals surface area (Å²) in [5.74, 6) is 2.81. The van der Waals surface area contributed by atoms with Crippen molar-refractivity contribution in [2.45, 2.75) is 76.9 Å². The fourth-order valence-corrected chi connectivity index (χ4v) is 8.93. The van der Waals surface area contributed by atoms with Crippen LogP contribution in [-0.2, 0) is 11.3 Å². The Morgan fingerprint density at radius 3 is 2.76 bits per heavy atom. The van der Waals surface area contributed by atoms with Gasteiger partial charge in [0.1, 0.15) is 24.6 Å². The zero-order valence-electron chi connectivity index (χ0n) is 19.9. The molecule has 34 heavy (non-hydrogen) atoms. The summed E-state index contributed by atoms with van der Waals surface area (Å²) in [6.45, 7) is 1.91. The molecule has 1 aromatic carbocycles. The smallest absolute Gasteiger partial charge is 0.157 e. The van der Waals surface area contributed by atoms with E-state index in [2.05, 4.69) is 17.2 Å². The number of rotatable bonds is 4. The molecule has 1 aromatic heterocycles. The van der Waals surface area contributed by atoms with Gasteiger partial charge in [-0.05, 0) is 105 Å². The highest BCUT2D eigenvalue weighted by Gasteiger charge is 2.59. The molecule has 1 heterocycles. The first kappa shape index (κ1) is 22.6. The molecule has 4 fully saturated rings. The fraction of sp³-hybridized carbons (Fsp3) is 0.741. The molecule has 0 bridgehead atoms. The lowest BCUT2D eigenvalue weighted by Gasteiger charge is -2.56. The number of alkyl halides is 1. The van der Waals surface area contributed by atoms with Gasteiger partial charge < -0.3 is 5.11 Å². The molecular formula is C27H35F2N3O2. The number of fused-ring (bicyclic) bond motifs is 6. The van der Waals surface area contributed by atoms with Crippen molar-refractivity contribution in [2.75, 3.05) is 6.67 Å². The third-order valence-electron chi connectivity index (χ3n) is 10.5. The van der Waals surface area contributed by atoms with Crippen molar-refractivity contribution >= 4 is 16.8 Å². The topological polar surface area (TPSA) is 68.0 Å². The van der Waals surface area contributed by atoms with Gasteiger partial charge in [0.05, 0.1) is 11.1 Å². The monoisotopic (exact) mass is 471 g/mol. The summed E-state index contributed by atoms with van der Waals surface area (Å²) >= 11 is 0. The normalized spacial score (nSPS) is 41.6. The van der Waals surface area contributed by atoms with Crippen LogP contribution in [0, 0.1) is 46.7 Å². The van der Waals surface area contributed by atoms with Crippen LogP contribution in [0.1, 0.15) is 64.7 Å². The summed E-state index contributed by atoms with van der Waals surface area (Å²) in [6.07, 6.45) is 8.62. The van der Waals surface area contributed by atoms with E-state index in [9.17, 15) is 18.7 Å². The number of aromatic nitrogens is 3. The Morgan fingerprint density at radius 1 is 1.12 bits per heavy atom. The van der Waals surface area contributed by atoms with Gasteiger partial charge in [0.2, 0.25) is 0 Å². The van der Waals surface area contributed by atoms with E-state index in [1.54, 1.807) is 10.7 Å². The van der Waals surface area contributed by atoms with E-state index in [1.165, 1.54) is 12.1 Å². The number of hydrogen-bond donors (Lipinski definition) is 1. The molecule has 8 atom stereocenters. The van der Waals surface area contributed by atoms with Crippen LogP contribution in [-0.4, -0.2) is 38.2 Å². The second kappa shape index (κ2) is 8.07. The number of nitrogens with zero attached hydrogens (tertiary/aromatic N) is 3. The number of carbonyl (C=O) groups excluding carboxylic acids is 1. The summed E-state index contributed by atoms with van der Waals surface area (Å²) in [6, 6.07) is 4.39. The maximum absolute atomic E-state index is 13.6. The third-order valence-corrected chi connectivity index (χ3v) is 10.5. The molecule has 0 aliphatic heterocycles. The van der Waals surface area contributed by atoms with Crippen LogP contribution in [0.4, 0.5) is 8.78 Å². The van der Waals surface area contributed by atoms with Crippen LogP contribution in [0.25, 0.3) is 11.0 Å². The number of hydrogen-bond acceptors (Lipinski definition) is 4. The summed E-state index contributed by atoms with van der Waals surface area (Å²) < 4.78 is 28.6. The van der Waals surface area contributed by atoms with E-state index in [0.717, 1.165) is 44.9 Å². The second-order valence-corrected chi connectivity index (χ2v) is 12.1. The molecule has 0 saturated heterocycles. The number of halogens is 2. The molecule has 184 valence electrons. The molecule has 4 aliphatic rings. The summed E-state index contributed by atoms with van der Waals surface area (Å²) in [5, 5.41) is 18.7. The highest BCUT2D eigenvalue weighted by Crippen LogP contribution is 2.64. The molecule has 0 unspecified atom stereocenters. The minimum atomic E-state index is -1.10. The van der Waals surface area contributed by atoms with Crippen LogP contribution >= 0.6 is 0 Å². The Bertz CT molecular complexity index is 1100. The van der Waals surface area contributed by atoms with Crippen LogP contribution in [0.5, 0.6) is 0 Å². The predicted octanol–water partition coefficient (Wildman–Crippen LogP) is 5.11. The van der Waals surface area contributed by atoms with E-state index in [4.69, 9.17) is 0 Å². The molecule has 4 aliphatic carbocycles. The molecule has 0 spiro atoms. The standard InChI is InChI=1S/C27H35F2N3O2/c1-26-10-8-19-18-9-11-27(34,15-28)13-16(18)2-4-20(19)21(26)5-6-22(26)25(33)14-32-24-7-3-17(29)12-23(24)30-31-32/h3,7,12,16,18-22,34H,2,4-6,8-11,13-15H2,1H3/t16-,18+,19-,20-,21+,22-,26+,27-/m1/s1. The molecule has 1 N–H and O–H groups in total. The molecule has 0 radical (unpaired) electrons. The minimum absolute atomic E-state index is 0.0158. The Kier molecular flexibility index (Phi) is 5.36. The molecule has 2 aromatic rings. The van der Waals surface area contributed by atoms with Crippen LogP contribution in [0.15, 0.2) is 18.2 Å². The van der Waals surface area contributed by atoms with Gasteiger partial charge in [0.25, 0.3) is 0 Å². The van der Waals surface area contributed by atoms with Gasteiger partial charge in [-0.1, -0.05) is 12.1 Å². The summed E-state index contributed by atoms with van der Waals surface area (Å²) in [7, 11) is 0. The Morgan fingerprint density at radius 2 is 1.94 bits per heavy atom. The predicted molar refractivity (Wildman–Crippen MR) is 124 cm³/mol. The van der Waals surface area contributed by atoms with Crippen molar-refractivity contribution in [3.8, 4) is 0 Å². The SMILES string of the molecule is C[C@]12CC[C@H]3[C@@H](CC[C@@H]4C[C@@](O)(CF)CC[C@@H]43)[C@@H]1CC[C@@H]2C(=O)Cn1nnc2cc(F)ccc21. The average molecular weight is 472 g/mol. The van der Waals surface area contributed by atoms with Crippen molar-refractivity contribution in [3.05, 3.63) is 24.0 Å². The molecule has 4 saturated carbocycles. The van der Waals surface area contributed by atoms with Crippen LogP contribution in [0.3, 0.4) is 0 Å².